The molecule has 0 aromatic carbocycles. The van der Waals surface area contributed by atoms with E-state index in [0.717, 1.165) is 0 Å². The Morgan fingerprint density at radius 2 is 2.05 bits per heavy atom. The van der Waals surface area contributed by atoms with Crippen LogP contribution >= 0.6 is 0 Å². The first-order chi connectivity index (χ1) is 9.61. The summed E-state index contributed by atoms with van der Waals surface area (Å²) in [5, 5.41) is 17.7. The first kappa shape index (κ1) is 16.9. The summed E-state index contributed by atoms with van der Waals surface area (Å²) < 4.78 is 6.69. The second-order valence-corrected chi connectivity index (χ2v) is 5.78. The van der Waals surface area contributed by atoms with E-state index >= 15 is 0 Å². The van der Waals surface area contributed by atoms with Crippen LogP contribution in [0.3, 0.4) is 0 Å². The topological polar surface area (TPSA) is 99.3 Å². The number of hydrogen-bond acceptors (Lipinski definition) is 5. The highest BCUT2D eigenvalue weighted by Gasteiger charge is 2.21. The van der Waals surface area contributed by atoms with Crippen molar-refractivity contribution < 1.29 is 14.5 Å². The Hall–Kier alpha value is -2.12. The number of hydrogen-bond donors (Lipinski definition) is 1. The predicted octanol–water partition coefficient (Wildman–Crippen LogP) is 2.32. The molecule has 1 N–H and O–H groups in total. The lowest BCUT2D eigenvalue weighted by Gasteiger charge is -2.19. The summed E-state index contributed by atoms with van der Waals surface area (Å²) in [6.45, 7) is 9.57. The van der Waals surface area contributed by atoms with Gasteiger partial charge in [-0.05, 0) is 41.0 Å². The van der Waals surface area contributed by atoms with Gasteiger partial charge in [-0.15, -0.1) is 0 Å². The Kier molecular flexibility index (Phi) is 5.28. The molecule has 0 saturated heterocycles. The molecular formula is C13H22N4O4. The minimum atomic E-state index is -0.527. The molecule has 0 spiro atoms. The van der Waals surface area contributed by atoms with Crippen molar-refractivity contribution in [1.29, 1.82) is 0 Å². The minimum absolute atomic E-state index is 0.0510. The number of ether oxygens (including phenoxy) is 1. The Bertz CT molecular complexity index is 531. The molecule has 0 aliphatic carbocycles. The summed E-state index contributed by atoms with van der Waals surface area (Å²) in [6, 6.07) is 0. The molecule has 0 aliphatic heterocycles. The fourth-order valence-corrected chi connectivity index (χ4v) is 1.90. The average Bonchev–Trinajstić information content (AvgIpc) is 2.57. The van der Waals surface area contributed by atoms with Crippen LogP contribution in [0.4, 0.5) is 10.5 Å². The van der Waals surface area contributed by atoms with Gasteiger partial charge in [-0.1, -0.05) is 0 Å². The molecule has 1 rings (SSSR count). The van der Waals surface area contributed by atoms with E-state index in [0.29, 0.717) is 30.9 Å². The molecule has 0 atom stereocenters. The molecule has 118 valence electrons. The lowest BCUT2D eigenvalue weighted by Crippen LogP contribution is -2.33. The lowest BCUT2D eigenvalue weighted by molar-refractivity contribution is -0.386. The average molecular weight is 298 g/mol. The van der Waals surface area contributed by atoms with Gasteiger partial charge < -0.3 is 10.1 Å². The Morgan fingerprint density at radius 3 is 2.52 bits per heavy atom. The Balaban J connectivity index is 2.46. The van der Waals surface area contributed by atoms with Gasteiger partial charge in [0.15, 0.2) is 0 Å². The third-order valence-electron chi connectivity index (χ3n) is 2.74. The van der Waals surface area contributed by atoms with E-state index < -0.39 is 16.6 Å². The number of carbonyl (C=O) groups excluding carboxylic acids is 1. The summed E-state index contributed by atoms with van der Waals surface area (Å²) >= 11 is 0. The van der Waals surface area contributed by atoms with Crippen molar-refractivity contribution in [3.05, 3.63) is 21.5 Å². The zero-order valence-electron chi connectivity index (χ0n) is 13.1. The molecule has 1 aromatic rings. The van der Waals surface area contributed by atoms with Gasteiger partial charge >= 0.3 is 11.8 Å². The highest BCUT2D eigenvalue weighted by molar-refractivity contribution is 5.67. The van der Waals surface area contributed by atoms with E-state index in [9.17, 15) is 14.9 Å². The minimum Gasteiger partial charge on any atom is -0.444 e. The largest absolute Gasteiger partial charge is 0.444 e. The van der Waals surface area contributed by atoms with Crippen molar-refractivity contribution in [2.45, 2.75) is 53.2 Å². The van der Waals surface area contributed by atoms with Crippen molar-refractivity contribution in [1.82, 2.24) is 15.1 Å². The number of aryl methyl sites for hydroxylation is 2. The van der Waals surface area contributed by atoms with Crippen LogP contribution in [-0.4, -0.2) is 32.9 Å². The van der Waals surface area contributed by atoms with Gasteiger partial charge in [-0.3, -0.25) is 14.8 Å². The SMILES string of the molecule is Cc1nn(CCCNC(=O)OC(C)(C)C)c(C)c1[N+](=O)[O-]. The number of amides is 1. The summed E-state index contributed by atoms with van der Waals surface area (Å²) in [4.78, 5) is 21.9. The molecule has 1 heterocycles. The smallest absolute Gasteiger partial charge is 0.407 e. The van der Waals surface area contributed by atoms with Gasteiger partial charge in [0.1, 0.15) is 17.0 Å². The van der Waals surface area contributed by atoms with Gasteiger partial charge in [-0.25, -0.2) is 4.79 Å². The van der Waals surface area contributed by atoms with Gasteiger partial charge in [0.05, 0.1) is 4.92 Å². The zero-order chi connectivity index (χ0) is 16.2. The Labute approximate surface area is 123 Å². The molecule has 0 fully saturated rings. The van der Waals surface area contributed by atoms with Crippen LogP contribution in [-0.2, 0) is 11.3 Å². The molecule has 21 heavy (non-hydrogen) atoms. The van der Waals surface area contributed by atoms with E-state index in [4.69, 9.17) is 4.74 Å². The maximum Gasteiger partial charge on any atom is 0.407 e. The molecule has 8 heteroatoms. The fourth-order valence-electron chi connectivity index (χ4n) is 1.90. The summed E-state index contributed by atoms with van der Waals surface area (Å²) in [5.74, 6) is 0. The van der Waals surface area contributed by atoms with Crippen LogP contribution in [0.5, 0.6) is 0 Å². The highest BCUT2D eigenvalue weighted by Crippen LogP contribution is 2.21. The van der Waals surface area contributed by atoms with Gasteiger partial charge in [0.2, 0.25) is 0 Å². The molecular weight excluding hydrogens is 276 g/mol. The quantitative estimate of drug-likeness (QED) is 0.511. The van der Waals surface area contributed by atoms with Crippen molar-refractivity contribution in [2.75, 3.05) is 6.54 Å². The van der Waals surface area contributed by atoms with Crippen molar-refractivity contribution in [3.8, 4) is 0 Å². The number of nitro groups is 1. The fraction of sp³-hybridized carbons (Fsp3) is 0.692. The van der Waals surface area contributed by atoms with Crippen molar-refractivity contribution >= 4 is 11.8 Å². The maximum absolute atomic E-state index is 11.4. The zero-order valence-corrected chi connectivity index (χ0v) is 13.1. The molecule has 0 unspecified atom stereocenters. The number of nitrogens with zero attached hydrogens (tertiary/aromatic N) is 3. The third kappa shape index (κ3) is 5.05. The van der Waals surface area contributed by atoms with Crippen LogP contribution in [0.25, 0.3) is 0 Å². The van der Waals surface area contributed by atoms with Crippen LogP contribution < -0.4 is 5.32 Å². The highest BCUT2D eigenvalue weighted by atomic mass is 16.6. The van der Waals surface area contributed by atoms with E-state index in [-0.39, 0.29) is 5.69 Å². The molecule has 0 aliphatic rings. The molecule has 0 bridgehead atoms. The number of nitrogens with one attached hydrogen (secondary N) is 1. The normalized spacial score (nSPS) is 11.3. The van der Waals surface area contributed by atoms with Crippen LogP contribution in [0.2, 0.25) is 0 Å². The van der Waals surface area contributed by atoms with Gasteiger partial charge in [-0.2, -0.15) is 5.10 Å². The van der Waals surface area contributed by atoms with Crippen LogP contribution in [0, 0.1) is 24.0 Å². The standard InChI is InChI=1S/C13H22N4O4/c1-9-11(17(19)20)10(2)16(15-9)8-6-7-14-12(18)21-13(3,4)5/h6-8H2,1-5H3,(H,14,18). The molecule has 1 aromatic heterocycles. The summed E-state index contributed by atoms with van der Waals surface area (Å²) in [7, 11) is 0. The second kappa shape index (κ2) is 6.55. The first-order valence-electron chi connectivity index (χ1n) is 6.77. The monoisotopic (exact) mass is 298 g/mol. The maximum atomic E-state index is 11.4. The van der Waals surface area contributed by atoms with E-state index in [1.807, 2.05) is 0 Å². The molecule has 1 amide bonds. The number of aromatic nitrogens is 2. The van der Waals surface area contributed by atoms with E-state index in [2.05, 4.69) is 10.4 Å². The van der Waals surface area contributed by atoms with Gasteiger partial charge in [0.25, 0.3) is 0 Å². The predicted molar refractivity (Wildman–Crippen MR) is 77.2 cm³/mol. The molecule has 0 radical (unpaired) electrons. The van der Waals surface area contributed by atoms with Crippen LogP contribution in [0.1, 0.15) is 38.6 Å². The van der Waals surface area contributed by atoms with Crippen molar-refractivity contribution in [2.24, 2.45) is 0 Å². The summed E-state index contributed by atoms with van der Waals surface area (Å²) in [6.07, 6.45) is 0.139. The summed E-state index contributed by atoms with van der Waals surface area (Å²) in [5.41, 5.74) is 0.447. The van der Waals surface area contributed by atoms with Crippen molar-refractivity contribution in [3.63, 3.8) is 0 Å². The molecule has 8 nitrogen and oxygen atoms in total. The number of rotatable bonds is 5. The van der Waals surface area contributed by atoms with E-state index in [1.165, 1.54) is 0 Å². The second-order valence-electron chi connectivity index (χ2n) is 5.78. The number of alkyl carbamates (subject to hydrolysis) is 1. The number of carbonyl (C=O) groups is 1. The Morgan fingerprint density at radius 1 is 1.43 bits per heavy atom. The first-order valence-corrected chi connectivity index (χ1v) is 6.77. The van der Waals surface area contributed by atoms with E-state index in [1.54, 1.807) is 39.3 Å². The lowest BCUT2D eigenvalue weighted by atomic mass is 10.2. The van der Waals surface area contributed by atoms with Gasteiger partial charge in [0, 0.05) is 13.1 Å². The third-order valence-corrected chi connectivity index (χ3v) is 2.74. The van der Waals surface area contributed by atoms with Crippen LogP contribution in [0.15, 0.2) is 0 Å². The molecule has 0 saturated carbocycles.